The van der Waals surface area contributed by atoms with Crippen molar-refractivity contribution >= 4 is 76.9 Å². The van der Waals surface area contributed by atoms with Gasteiger partial charge in [0, 0.05) is 17.1 Å². The second-order valence-corrected chi connectivity index (χ2v) is 20.0. The maximum atomic E-state index is 13.2. The van der Waals surface area contributed by atoms with Crippen molar-refractivity contribution in [2.75, 3.05) is 49.0 Å². The maximum Gasteiger partial charge on any atom is 0.345 e. The highest BCUT2D eigenvalue weighted by atomic mass is 16.6. The second kappa shape index (κ2) is 27.1. The molecule has 0 bridgehead atoms. The average Bonchev–Trinajstić information content (AvgIpc) is 3.32. The number of hydrogen-bond acceptors (Lipinski definition) is 16. The average molecular weight is 987 g/mol. The predicted molar refractivity (Wildman–Crippen MR) is 281 cm³/mol. The van der Waals surface area contributed by atoms with Crippen LogP contribution in [-0.4, -0.2) is 77.8 Å². The molecular weight excluding hydrogens is 917 g/mol. The summed E-state index contributed by atoms with van der Waals surface area (Å²) in [5.74, 6) is -2.99. The van der Waals surface area contributed by atoms with Crippen molar-refractivity contribution in [3.8, 4) is 0 Å². The minimum atomic E-state index is -0.863. The number of benzene rings is 3. The Morgan fingerprint density at radius 2 is 0.917 bits per heavy atom. The SMILES string of the molecule is C=C(C)COC(=O)C(=Cc1ccc(Nc2nc(Nc3ccc(C=C(C(=O)OCC(C)(C)C)C(=O)OCC(C)(C)C)cc3)nc(Nc3ccc(C(=O)OCC(CC)CCCC)cc3)n2)cc1)C(=O)OCC(=C)C. The van der Waals surface area contributed by atoms with Crippen molar-refractivity contribution in [1.82, 2.24) is 15.0 Å². The van der Waals surface area contributed by atoms with E-state index in [2.05, 4.69) is 57.9 Å². The molecule has 16 heteroatoms. The highest BCUT2D eigenvalue weighted by Gasteiger charge is 2.26. The number of nitrogens with zero attached hydrogens (tertiary/aromatic N) is 3. The molecule has 1 atom stereocenters. The van der Waals surface area contributed by atoms with E-state index in [9.17, 15) is 24.0 Å². The minimum Gasteiger partial charge on any atom is -0.462 e. The van der Waals surface area contributed by atoms with Gasteiger partial charge in [-0.1, -0.05) is 112 Å². The van der Waals surface area contributed by atoms with Gasteiger partial charge in [-0.3, -0.25) is 0 Å². The smallest absolute Gasteiger partial charge is 0.345 e. The van der Waals surface area contributed by atoms with E-state index in [1.165, 1.54) is 12.2 Å². The number of ether oxygens (including phenoxy) is 5. The molecule has 0 saturated carbocycles. The zero-order valence-electron chi connectivity index (χ0n) is 43.4. The maximum absolute atomic E-state index is 13.2. The van der Waals surface area contributed by atoms with Crippen LogP contribution in [0.2, 0.25) is 0 Å². The molecule has 1 heterocycles. The Balaban J connectivity index is 1.65. The standard InChI is InChI=1S/C56H70N6O10/c1-13-15-16-38(14-2)33-70-47(63)41-21-27-44(28-22-41)59-54-61-52(57-42-23-17-39(18-24-42)29-45(48(64)68-31-36(3)4)49(65)69-32-37(5)6)60-53(62-54)58-43-25-19-40(20-26-43)30-46(50(66)71-34-55(7,8)9)51(67)72-35-56(10,11)12/h17-30,38H,3,5,13-16,31-35H2,1-2,4,6-12H3,(H3,57,58,59,60,61,62). The molecule has 16 nitrogen and oxygen atoms in total. The topological polar surface area (TPSA) is 206 Å². The van der Waals surface area contributed by atoms with Crippen LogP contribution in [0.4, 0.5) is 34.9 Å². The Bertz CT molecular complexity index is 2530. The molecule has 384 valence electrons. The van der Waals surface area contributed by atoms with Crippen molar-refractivity contribution in [2.45, 2.75) is 94.9 Å². The van der Waals surface area contributed by atoms with Gasteiger partial charge >= 0.3 is 29.8 Å². The molecule has 0 amide bonds. The molecule has 0 spiro atoms. The van der Waals surface area contributed by atoms with Gasteiger partial charge in [-0.25, -0.2) is 24.0 Å². The number of esters is 5. The van der Waals surface area contributed by atoms with Crippen LogP contribution in [0.3, 0.4) is 0 Å². The Labute approximate surface area is 423 Å². The molecule has 0 fully saturated rings. The van der Waals surface area contributed by atoms with Crippen LogP contribution >= 0.6 is 0 Å². The lowest BCUT2D eigenvalue weighted by Gasteiger charge is -2.20. The fourth-order valence-electron chi connectivity index (χ4n) is 6.11. The lowest BCUT2D eigenvalue weighted by atomic mass is 9.98. The van der Waals surface area contributed by atoms with Crippen LogP contribution in [-0.2, 0) is 42.9 Å². The lowest BCUT2D eigenvalue weighted by molar-refractivity contribution is -0.150. The fraction of sp³-hybridized carbons (Fsp3) is 0.393. The molecule has 72 heavy (non-hydrogen) atoms. The summed E-state index contributed by atoms with van der Waals surface area (Å²) in [4.78, 5) is 79.1. The molecule has 0 radical (unpaired) electrons. The summed E-state index contributed by atoms with van der Waals surface area (Å²) in [5.41, 5.74) is 3.11. The van der Waals surface area contributed by atoms with E-state index in [0.29, 0.717) is 57.4 Å². The zero-order valence-corrected chi connectivity index (χ0v) is 43.4. The van der Waals surface area contributed by atoms with E-state index < -0.39 is 29.8 Å². The van der Waals surface area contributed by atoms with E-state index in [0.717, 1.165) is 25.7 Å². The summed E-state index contributed by atoms with van der Waals surface area (Å²) in [6.45, 7) is 27.1. The molecule has 0 aliphatic rings. The van der Waals surface area contributed by atoms with E-state index >= 15 is 0 Å². The number of aromatic nitrogens is 3. The normalized spacial score (nSPS) is 11.5. The molecule has 1 unspecified atom stereocenters. The second-order valence-electron chi connectivity index (χ2n) is 20.0. The quantitative estimate of drug-likeness (QED) is 0.0141. The number of unbranched alkanes of at least 4 members (excludes halogenated alkanes) is 1. The molecule has 0 saturated heterocycles. The van der Waals surface area contributed by atoms with Crippen molar-refractivity contribution in [1.29, 1.82) is 0 Å². The predicted octanol–water partition coefficient (Wildman–Crippen LogP) is 11.7. The fourth-order valence-corrected chi connectivity index (χ4v) is 6.11. The Morgan fingerprint density at radius 1 is 0.556 bits per heavy atom. The summed E-state index contributed by atoms with van der Waals surface area (Å²) in [7, 11) is 0. The molecule has 4 rings (SSSR count). The van der Waals surface area contributed by atoms with Gasteiger partial charge in [0.05, 0.1) is 25.4 Å². The zero-order chi connectivity index (χ0) is 53.0. The first-order valence-corrected chi connectivity index (χ1v) is 24.0. The van der Waals surface area contributed by atoms with Gasteiger partial charge in [-0.15, -0.1) is 0 Å². The lowest BCUT2D eigenvalue weighted by Crippen LogP contribution is -2.25. The third-order valence-corrected chi connectivity index (χ3v) is 10.0. The Hall–Kier alpha value is -7.62. The summed E-state index contributed by atoms with van der Waals surface area (Å²) >= 11 is 0. The minimum absolute atomic E-state index is 0.0688. The van der Waals surface area contributed by atoms with Gasteiger partial charge in [-0.05, 0) is 120 Å². The van der Waals surface area contributed by atoms with Gasteiger partial charge in [0.15, 0.2) is 0 Å². The molecular formula is C56H70N6O10. The third kappa shape index (κ3) is 20.4. The van der Waals surface area contributed by atoms with Gasteiger partial charge in [-0.2, -0.15) is 15.0 Å². The molecule has 0 aliphatic heterocycles. The highest BCUT2D eigenvalue weighted by Crippen LogP contribution is 2.25. The summed E-state index contributed by atoms with van der Waals surface area (Å²) < 4.78 is 27.2. The Morgan fingerprint density at radius 3 is 1.25 bits per heavy atom. The van der Waals surface area contributed by atoms with Gasteiger partial charge < -0.3 is 39.6 Å². The molecule has 3 aromatic carbocycles. The van der Waals surface area contributed by atoms with Crippen LogP contribution in [0.5, 0.6) is 0 Å². The molecule has 4 aromatic rings. The number of carbonyl (C=O) groups is 5. The van der Waals surface area contributed by atoms with Crippen molar-refractivity contribution in [2.24, 2.45) is 16.7 Å². The molecule has 3 N–H and O–H groups in total. The number of nitrogens with one attached hydrogen (secondary N) is 3. The first-order valence-electron chi connectivity index (χ1n) is 24.0. The summed E-state index contributed by atoms with van der Waals surface area (Å²) in [6, 6.07) is 20.4. The number of anilines is 6. The van der Waals surface area contributed by atoms with E-state index in [4.69, 9.17) is 23.7 Å². The number of rotatable bonds is 25. The first kappa shape index (κ1) is 57.0. The van der Waals surface area contributed by atoms with Gasteiger partial charge in [0.1, 0.15) is 24.4 Å². The van der Waals surface area contributed by atoms with Gasteiger partial charge in [0.2, 0.25) is 17.8 Å². The van der Waals surface area contributed by atoms with Crippen LogP contribution in [0.1, 0.15) is 116 Å². The van der Waals surface area contributed by atoms with Crippen molar-refractivity contribution in [3.63, 3.8) is 0 Å². The van der Waals surface area contributed by atoms with Crippen LogP contribution in [0, 0.1) is 16.7 Å². The van der Waals surface area contributed by atoms with Crippen molar-refractivity contribution in [3.05, 3.63) is 125 Å². The summed E-state index contributed by atoms with van der Waals surface area (Å²) in [6.07, 6.45) is 6.90. The van der Waals surface area contributed by atoms with Crippen LogP contribution < -0.4 is 16.0 Å². The van der Waals surface area contributed by atoms with Crippen molar-refractivity contribution < 1.29 is 47.7 Å². The Kier molecular flexibility index (Phi) is 21.4. The number of carbonyl (C=O) groups excluding carboxylic acids is 5. The van der Waals surface area contributed by atoms with Crippen LogP contribution in [0.25, 0.3) is 12.2 Å². The monoisotopic (exact) mass is 987 g/mol. The van der Waals surface area contributed by atoms with E-state index in [1.807, 2.05) is 41.5 Å². The molecule has 0 aliphatic carbocycles. The van der Waals surface area contributed by atoms with E-state index in [-0.39, 0.29) is 66.2 Å². The third-order valence-electron chi connectivity index (χ3n) is 10.0. The summed E-state index contributed by atoms with van der Waals surface area (Å²) in [5, 5.41) is 9.56. The first-order chi connectivity index (χ1) is 34.0. The molecule has 1 aromatic heterocycles. The largest absolute Gasteiger partial charge is 0.462 e. The number of hydrogen-bond donors (Lipinski definition) is 3. The highest BCUT2D eigenvalue weighted by molar-refractivity contribution is 6.18. The van der Waals surface area contributed by atoms with Gasteiger partial charge in [0.25, 0.3) is 0 Å². The van der Waals surface area contributed by atoms with E-state index in [1.54, 1.807) is 86.6 Å². The van der Waals surface area contributed by atoms with Crippen LogP contribution in [0.15, 0.2) is 108 Å².